The normalized spacial score (nSPS) is 25.1. The SMILES string of the molecule is CCCNC(C)c1ccc(N2CC(C)N(C)C(C)C2)nc1. The van der Waals surface area contributed by atoms with E-state index in [0.29, 0.717) is 18.1 Å². The van der Waals surface area contributed by atoms with Crippen molar-refractivity contribution in [2.45, 2.75) is 52.2 Å². The fraction of sp³-hybridized carbons (Fsp3) is 0.706. The van der Waals surface area contributed by atoms with Crippen molar-refractivity contribution in [3.05, 3.63) is 23.9 Å². The molecule has 2 rings (SSSR count). The summed E-state index contributed by atoms with van der Waals surface area (Å²) in [6.45, 7) is 12.1. The third-order valence-corrected chi connectivity index (χ3v) is 4.65. The van der Waals surface area contributed by atoms with E-state index in [1.165, 1.54) is 5.56 Å². The molecule has 21 heavy (non-hydrogen) atoms. The molecule has 3 unspecified atom stereocenters. The lowest BCUT2D eigenvalue weighted by atomic mass is 10.1. The summed E-state index contributed by atoms with van der Waals surface area (Å²) in [4.78, 5) is 9.54. The average Bonchev–Trinajstić information content (AvgIpc) is 2.50. The van der Waals surface area contributed by atoms with Crippen LogP contribution in [-0.2, 0) is 0 Å². The van der Waals surface area contributed by atoms with E-state index in [0.717, 1.165) is 31.9 Å². The van der Waals surface area contributed by atoms with Crippen molar-refractivity contribution in [2.75, 3.05) is 31.6 Å². The van der Waals surface area contributed by atoms with Gasteiger partial charge in [0.1, 0.15) is 5.82 Å². The molecule has 3 atom stereocenters. The fourth-order valence-corrected chi connectivity index (χ4v) is 2.91. The predicted molar refractivity (Wildman–Crippen MR) is 89.8 cm³/mol. The average molecular weight is 290 g/mol. The number of likely N-dealkylation sites (N-methyl/N-ethyl adjacent to an activating group) is 1. The Balaban J connectivity index is 2.02. The maximum absolute atomic E-state index is 4.69. The minimum absolute atomic E-state index is 0.372. The summed E-state index contributed by atoms with van der Waals surface area (Å²) in [6.07, 6.45) is 3.18. The minimum Gasteiger partial charge on any atom is -0.354 e. The zero-order chi connectivity index (χ0) is 15.4. The Labute approximate surface area is 129 Å². The molecule has 1 aromatic rings. The molecule has 1 fully saturated rings. The van der Waals surface area contributed by atoms with Crippen LogP contribution in [-0.4, -0.2) is 48.6 Å². The quantitative estimate of drug-likeness (QED) is 0.903. The van der Waals surface area contributed by atoms with Gasteiger partial charge in [0.05, 0.1) is 0 Å². The number of hydrogen-bond donors (Lipinski definition) is 1. The number of nitrogens with zero attached hydrogens (tertiary/aromatic N) is 3. The second-order valence-electron chi connectivity index (χ2n) is 6.39. The molecule has 1 aliphatic heterocycles. The summed E-state index contributed by atoms with van der Waals surface area (Å²) in [5.74, 6) is 1.10. The van der Waals surface area contributed by atoms with Gasteiger partial charge in [-0.2, -0.15) is 0 Å². The van der Waals surface area contributed by atoms with Crippen molar-refractivity contribution in [3.63, 3.8) is 0 Å². The van der Waals surface area contributed by atoms with Crippen LogP contribution in [0, 0.1) is 0 Å². The third-order valence-electron chi connectivity index (χ3n) is 4.65. The van der Waals surface area contributed by atoms with E-state index in [1.807, 2.05) is 6.20 Å². The fourth-order valence-electron chi connectivity index (χ4n) is 2.91. The van der Waals surface area contributed by atoms with Crippen LogP contribution < -0.4 is 10.2 Å². The molecule has 1 aliphatic rings. The third kappa shape index (κ3) is 3.95. The van der Waals surface area contributed by atoms with E-state index in [9.17, 15) is 0 Å². The van der Waals surface area contributed by atoms with Crippen molar-refractivity contribution < 1.29 is 0 Å². The molecular weight excluding hydrogens is 260 g/mol. The Hall–Kier alpha value is -1.13. The lowest BCUT2D eigenvalue weighted by molar-refractivity contribution is 0.169. The predicted octanol–water partition coefficient (Wildman–Crippen LogP) is 2.67. The van der Waals surface area contributed by atoms with Crippen LogP contribution in [0.5, 0.6) is 0 Å². The highest BCUT2D eigenvalue weighted by Crippen LogP contribution is 2.21. The van der Waals surface area contributed by atoms with Crippen molar-refractivity contribution in [2.24, 2.45) is 0 Å². The maximum atomic E-state index is 4.69. The molecule has 0 spiro atoms. The van der Waals surface area contributed by atoms with Gasteiger partial charge in [0, 0.05) is 37.4 Å². The monoisotopic (exact) mass is 290 g/mol. The Morgan fingerprint density at radius 3 is 2.48 bits per heavy atom. The molecule has 0 saturated carbocycles. The van der Waals surface area contributed by atoms with E-state index in [1.54, 1.807) is 0 Å². The molecule has 4 nitrogen and oxygen atoms in total. The number of hydrogen-bond acceptors (Lipinski definition) is 4. The highest BCUT2D eigenvalue weighted by atomic mass is 15.3. The Morgan fingerprint density at radius 1 is 1.29 bits per heavy atom. The van der Waals surface area contributed by atoms with Crippen LogP contribution >= 0.6 is 0 Å². The van der Waals surface area contributed by atoms with Gasteiger partial charge < -0.3 is 10.2 Å². The van der Waals surface area contributed by atoms with Gasteiger partial charge >= 0.3 is 0 Å². The van der Waals surface area contributed by atoms with Crippen LogP contribution in [0.1, 0.15) is 45.7 Å². The van der Waals surface area contributed by atoms with E-state index in [-0.39, 0.29) is 0 Å². The highest BCUT2D eigenvalue weighted by molar-refractivity contribution is 5.41. The second kappa shape index (κ2) is 7.23. The molecule has 2 heterocycles. The topological polar surface area (TPSA) is 31.4 Å². The molecular formula is C17H30N4. The zero-order valence-electron chi connectivity index (χ0n) is 14.1. The number of rotatable bonds is 5. The standard InChI is InChI=1S/C17H30N4/c1-6-9-18-15(4)16-7-8-17(19-10-16)21-11-13(2)20(5)14(3)12-21/h7-8,10,13-15,18H,6,9,11-12H2,1-5H3. The van der Waals surface area contributed by atoms with Gasteiger partial charge in [0.2, 0.25) is 0 Å². The van der Waals surface area contributed by atoms with E-state index in [2.05, 4.69) is 62.0 Å². The van der Waals surface area contributed by atoms with Gasteiger partial charge in [0.15, 0.2) is 0 Å². The smallest absolute Gasteiger partial charge is 0.128 e. The van der Waals surface area contributed by atoms with Gasteiger partial charge in [-0.15, -0.1) is 0 Å². The summed E-state index contributed by atoms with van der Waals surface area (Å²) >= 11 is 0. The summed E-state index contributed by atoms with van der Waals surface area (Å²) in [6, 6.07) is 5.89. The van der Waals surface area contributed by atoms with E-state index < -0.39 is 0 Å². The molecule has 0 amide bonds. The van der Waals surface area contributed by atoms with Crippen molar-refractivity contribution in [3.8, 4) is 0 Å². The first-order valence-corrected chi connectivity index (χ1v) is 8.19. The molecule has 1 N–H and O–H groups in total. The van der Waals surface area contributed by atoms with Crippen LogP contribution in [0.3, 0.4) is 0 Å². The molecule has 1 saturated heterocycles. The first-order valence-electron chi connectivity index (χ1n) is 8.19. The molecule has 4 heteroatoms. The molecule has 0 aromatic carbocycles. The Morgan fingerprint density at radius 2 is 1.95 bits per heavy atom. The second-order valence-corrected chi connectivity index (χ2v) is 6.39. The first-order chi connectivity index (χ1) is 10.0. The molecule has 0 bridgehead atoms. The molecule has 118 valence electrons. The largest absolute Gasteiger partial charge is 0.354 e. The highest BCUT2D eigenvalue weighted by Gasteiger charge is 2.27. The number of piperazine rings is 1. The molecule has 0 aliphatic carbocycles. The summed E-state index contributed by atoms with van der Waals surface area (Å²) in [7, 11) is 2.21. The van der Waals surface area contributed by atoms with Gasteiger partial charge in [-0.3, -0.25) is 4.90 Å². The number of nitrogens with one attached hydrogen (secondary N) is 1. The first kappa shape index (κ1) is 16.2. The number of aromatic nitrogens is 1. The summed E-state index contributed by atoms with van der Waals surface area (Å²) in [5.41, 5.74) is 1.27. The lowest BCUT2D eigenvalue weighted by Crippen LogP contribution is -2.55. The number of pyridine rings is 1. The van der Waals surface area contributed by atoms with Crippen molar-refractivity contribution >= 4 is 5.82 Å². The van der Waals surface area contributed by atoms with Gasteiger partial charge in [-0.25, -0.2) is 4.98 Å². The zero-order valence-corrected chi connectivity index (χ0v) is 14.1. The van der Waals surface area contributed by atoms with E-state index >= 15 is 0 Å². The Kier molecular flexibility index (Phi) is 5.59. The minimum atomic E-state index is 0.372. The van der Waals surface area contributed by atoms with Gasteiger partial charge in [-0.1, -0.05) is 13.0 Å². The van der Waals surface area contributed by atoms with Crippen LogP contribution in [0.25, 0.3) is 0 Å². The van der Waals surface area contributed by atoms with Crippen molar-refractivity contribution in [1.29, 1.82) is 0 Å². The summed E-state index contributed by atoms with van der Waals surface area (Å²) < 4.78 is 0. The van der Waals surface area contributed by atoms with Crippen LogP contribution in [0.4, 0.5) is 5.82 Å². The van der Waals surface area contributed by atoms with Crippen LogP contribution in [0.15, 0.2) is 18.3 Å². The summed E-state index contributed by atoms with van der Waals surface area (Å²) in [5, 5.41) is 3.51. The molecule has 0 radical (unpaired) electrons. The van der Waals surface area contributed by atoms with Gasteiger partial charge in [0.25, 0.3) is 0 Å². The van der Waals surface area contributed by atoms with Gasteiger partial charge in [-0.05, 0) is 52.4 Å². The molecule has 1 aromatic heterocycles. The number of anilines is 1. The van der Waals surface area contributed by atoms with Crippen LogP contribution in [0.2, 0.25) is 0 Å². The lowest BCUT2D eigenvalue weighted by Gasteiger charge is -2.43. The van der Waals surface area contributed by atoms with E-state index in [4.69, 9.17) is 4.98 Å². The Bertz CT molecular complexity index is 419. The van der Waals surface area contributed by atoms with Crippen molar-refractivity contribution in [1.82, 2.24) is 15.2 Å². The maximum Gasteiger partial charge on any atom is 0.128 e.